The van der Waals surface area contributed by atoms with E-state index in [0.717, 1.165) is 6.04 Å². The minimum atomic E-state index is 0.735. The highest BCUT2D eigenvalue weighted by molar-refractivity contribution is 7.13. The van der Waals surface area contributed by atoms with E-state index in [1.165, 1.54) is 55.4 Å². The summed E-state index contributed by atoms with van der Waals surface area (Å²) in [5.74, 6) is 1.39. The third-order valence-corrected chi connectivity index (χ3v) is 5.71. The molecule has 2 aromatic rings. The van der Waals surface area contributed by atoms with Crippen LogP contribution in [0.15, 0.2) is 29.6 Å². The van der Waals surface area contributed by atoms with Crippen LogP contribution in [0, 0.1) is 0 Å². The highest BCUT2D eigenvalue weighted by Crippen LogP contribution is 2.32. The van der Waals surface area contributed by atoms with Crippen molar-refractivity contribution in [3.63, 3.8) is 0 Å². The van der Waals surface area contributed by atoms with Gasteiger partial charge >= 0.3 is 0 Å². The number of piperidine rings is 1. The lowest BCUT2D eigenvalue weighted by atomic mass is 10.1. The standard InChI is InChI=1S/C16H21N3S/c1-17-14(15-3-2-12-20-15)4-5-16(17)19-11-10-18-8-6-13(19)7-9-18/h2-5,12-13H,6-11H2,1H3. The van der Waals surface area contributed by atoms with Crippen molar-refractivity contribution in [2.75, 3.05) is 31.1 Å². The third kappa shape index (κ3) is 1.98. The summed E-state index contributed by atoms with van der Waals surface area (Å²) < 4.78 is 2.37. The normalized spacial score (nSPS) is 25.9. The van der Waals surface area contributed by atoms with Crippen molar-refractivity contribution in [3.8, 4) is 10.6 Å². The maximum absolute atomic E-state index is 2.64. The second-order valence-corrected chi connectivity index (χ2v) is 6.83. The van der Waals surface area contributed by atoms with Crippen molar-refractivity contribution < 1.29 is 0 Å². The number of anilines is 1. The minimum Gasteiger partial charge on any atom is -0.354 e. The van der Waals surface area contributed by atoms with Crippen molar-refractivity contribution in [2.45, 2.75) is 18.9 Å². The van der Waals surface area contributed by atoms with E-state index >= 15 is 0 Å². The molecule has 0 unspecified atom stereocenters. The van der Waals surface area contributed by atoms with Gasteiger partial charge in [-0.05, 0) is 36.4 Å². The van der Waals surface area contributed by atoms with Crippen LogP contribution in [0.25, 0.3) is 10.6 Å². The van der Waals surface area contributed by atoms with Crippen LogP contribution in [0.1, 0.15) is 12.8 Å². The van der Waals surface area contributed by atoms with Crippen LogP contribution in [0.3, 0.4) is 0 Å². The zero-order valence-electron chi connectivity index (χ0n) is 12.0. The van der Waals surface area contributed by atoms with Gasteiger partial charge in [0.25, 0.3) is 0 Å². The molecule has 3 aliphatic rings. The van der Waals surface area contributed by atoms with Crippen LogP contribution in [-0.2, 0) is 7.05 Å². The van der Waals surface area contributed by atoms with Crippen LogP contribution < -0.4 is 4.90 Å². The van der Waals surface area contributed by atoms with Crippen molar-refractivity contribution in [1.29, 1.82) is 0 Å². The molecule has 0 atom stereocenters. The van der Waals surface area contributed by atoms with Crippen molar-refractivity contribution in [3.05, 3.63) is 29.6 Å². The van der Waals surface area contributed by atoms with Gasteiger partial charge in [-0.3, -0.25) is 0 Å². The highest BCUT2D eigenvalue weighted by Gasteiger charge is 2.30. The van der Waals surface area contributed by atoms with Gasteiger partial charge in [-0.15, -0.1) is 11.3 Å². The first-order valence-electron chi connectivity index (χ1n) is 7.51. The van der Waals surface area contributed by atoms with Gasteiger partial charge in [0.15, 0.2) is 0 Å². The number of thiophene rings is 1. The Morgan fingerprint density at radius 1 is 1.05 bits per heavy atom. The molecule has 106 valence electrons. The first-order chi connectivity index (χ1) is 9.83. The number of aromatic nitrogens is 1. The molecule has 5 rings (SSSR count). The summed E-state index contributed by atoms with van der Waals surface area (Å²) in [6.07, 6.45) is 2.64. The van der Waals surface area contributed by atoms with E-state index in [4.69, 9.17) is 0 Å². The molecular weight excluding hydrogens is 266 g/mol. The fourth-order valence-corrected chi connectivity index (χ4v) is 4.44. The first kappa shape index (κ1) is 12.5. The van der Waals surface area contributed by atoms with Gasteiger partial charge in [0.1, 0.15) is 5.82 Å². The Labute approximate surface area is 124 Å². The molecule has 3 aliphatic heterocycles. The van der Waals surface area contributed by atoms with Gasteiger partial charge in [-0.2, -0.15) is 0 Å². The van der Waals surface area contributed by atoms with E-state index in [0.29, 0.717) is 0 Å². The second-order valence-electron chi connectivity index (χ2n) is 5.88. The SMILES string of the molecule is Cn1c(-c2cccs2)ccc1N1CCN2CCC1CC2. The molecule has 4 heteroatoms. The molecule has 3 nitrogen and oxygen atoms in total. The molecule has 5 heterocycles. The summed E-state index contributed by atoms with van der Waals surface area (Å²) in [6, 6.07) is 9.66. The summed E-state index contributed by atoms with van der Waals surface area (Å²) in [4.78, 5) is 6.62. The number of nitrogens with zero attached hydrogens (tertiary/aromatic N) is 3. The number of hydrogen-bond donors (Lipinski definition) is 0. The Morgan fingerprint density at radius 2 is 1.90 bits per heavy atom. The zero-order valence-corrected chi connectivity index (χ0v) is 12.8. The minimum absolute atomic E-state index is 0.735. The molecule has 0 aromatic carbocycles. The molecule has 2 aromatic heterocycles. The maximum Gasteiger partial charge on any atom is 0.109 e. The second kappa shape index (κ2) is 4.93. The molecule has 0 spiro atoms. The van der Waals surface area contributed by atoms with Gasteiger partial charge in [-0.1, -0.05) is 6.07 Å². The Balaban J connectivity index is 1.69. The smallest absolute Gasteiger partial charge is 0.109 e. The van der Waals surface area contributed by atoms with Gasteiger partial charge in [0.2, 0.25) is 0 Å². The Hall–Kier alpha value is -1.26. The van der Waals surface area contributed by atoms with Gasteiger partial charge in [0, 0.05) is 39.3 Å². The van der Waals surface area contributed by atoms with Crippen molar-refractivity contribution in [1.82, 2.24) is 9.47 Å². The zero-order chi connectivity index (χ0) is 13.5. The quantitative estimate of drug-likeness (QED) is 0.841. The average molecular weight is 287 g/mol. The van der Waals surface area contributed by atoms with E-state index in [1.54, 1.807) is 0 Å². The molecule has 0 aliphatic carbocycles. The van der Waals surface area contributed by atoms with E-state index < -0.39 is 0 Å². The van der Waals surface area contributed by atoms with Crippen LogP contribution in [-0.4, -0.2) is 41.7 Å². The molecule has 0 radical (unpaired) electrons. The van der Waals surface area contributed by atoms with Gasteiger partial charge < -0.3 is 14.4 Å². The lowest BCUT2D eigenvalue weighted by molar-refractivity contribution is 0.250. The van der Waals surface area contributed by atoms with E-state index in [2.05, 4.69) is 51.1 Å². The van der Waals surface area contributed by atoms with Crippen molar-refractivity contribution >= 4 is 17.2 Å². The molecular formula is C16H21N3S. The third-order valence-electron chi connectivity index (χ3n) is 4.82. The summed E-state index contributed by atoms with van der Waals surface area (Å²) in [5, 5.41) is 2.16. The summed E-state index contributed by atoms with van der Waals surface area (Å²) >= 11 is 1.82. The van der Waals surface area contributed by atoms with Crippen LogP contribution in [0.5, 0.6) is 0 Å². The summed E-state index contributed by atoms with van der Waals surface area (Å²) in [5.41, 5.74) is 1.34. The largest absolute Gasteiger partial charge is 0.354 e. The summed E-state index contributed by atoms with van der Waals surface area (Å²) in [6.45, 7) is 4.95. The lowest BCUT2D eigenvalue weighted by Gasteiger charge is -2.33. The maximum atomic E-state index is 2.64. The predicted molar refractivity (Wildman–Crippen MR) is 85.5 cm³/mol. The molecule has 0 amide bonds. The lowest BCUT2D eigenvalue weighted by Crippen LogP contribution is -2.38. The van der Waals surface area contributed by atoms with E-state index in [-0.39, 0.29) is 0 Å². The van der Waals surface area contributed by atoms with Gasteiger partial charge in [-0.25, -0.2) is 0 Å². The monoisotopic (exact) mass is 287 g/mol. The predicted octanol–water partition coefficient (Wildman–Crippen LogP) is 3.04. The van der Waals surface area contributed by atoms with Crippen LogP contribution >= 0.6 is 11.3 Å². The van der Waals surface area contributed by atoms with Crippen molar-refractivity contribution in [2.24, 2.45) is 7.05 Å². The summed E-state index contributed by atoms with van der Waals surface area (Å²) in [7, 11) is 2.21. The van der Waals surface area contributed by atoms with E-state index in [9.17, 15) is 0 Å². The van der Waals surface area contributed by atoms with Crippen LogP contribution in [0.4, 0.5) is 5.82 Å². The molecule has 20 heavy (non-hydrogen) atoms. The Kier molecular flexibility index (Phi) is 3.08. The Morgan fingerprint density at radius 3 is 2.65 bits per heavy atom. The molecule has 0 saturated carbocycles. The number of fused-ring (bicyclic) bond motifs is 4. The average Bonchev–Trinajstić information content (AvgIpc) is 3.02. The van der Waals surface area contributed by atoms with Crippen LogP contribution in [0.2, 0.25) is 0 Å². The Bertz CT molecular complexity index is 579. The first-order valence-corrected chi connectivity index (χ1v) is 8.39. The highest BCUT2D eigenvalue weighted by atomic mass is 32.1. The molecule has 3 saturated heterocycles. The topological polar surface area (TPSA) is 11.4 Å². The molecule has 0 N–H and O–H groups in total. The fourth-order valence-electron chi connectivity index (χ4n) is 3.65. The number of hydrogen-bond acceptors (Lipinski definition) is 3. The van der Waals surface area contributed by atoms with E-state index in [1.807, 2.05) is 11.3 Å². The molecule has 3 fully saturated rings. The fraction of sp³-hybridized carbons (Fsp3) is 0.500. The van der Waals surface area contributed by atoms with Gasteiger partial charge in [0.05, 0.1) is 10.6 Å². The number of rotatable bonds is 2. The molecule has 2 bridgehead atoms.